The van der Waals surface area contributed by atoms with Crippen LogP contribution in [-0.4, -0.2) is 11.8 Å². The average molecular weight is 561 g/mol. The van der Waals surface area contributed by atoms with Crippen LogP contribution in [-0.2, 0) is 9.59 Å². The van der Waals surface area contributed by atoms with E-state index in [4.69, 9.17) is 0 Å². The Morgan fingerprint density at radius 1 is 0.425 bits per heavy atom. The molecule has 40 heavy (non-hydrogen) atoms. The summed E-state index contributed by atoms with van der Waals surface area (Å²) < 4.78 is 0. The number of carbonyl (C=O) groups excluding carboxylic acids is 2. The fraction of sp³-hybridized carbons (Fsp3) is 0.0588. The van der Waals surface area contributed by atoms with Crippen molar-refractivity contribution in [3.63, 3.8) is 0 Å². The number of hydrogen-bond acceptors (Lipinski definition) is 4. The minimum Gasteiger partial charge on any atom is -0.323 e. The van der Waals surface area contributed by atoms with Gasteiger partial charge < -0.3 is 10.6 Å². The molecular formula is C34H28N2O2S2. The molecule has 2 atom stereocenters. The molecule has 5 aromatic carbocycles. The molecule has 2 N–H and O–H groups in total. The monoisotopic (exact) mass is 560 g/mol. The number of rotatable bonds is 10. The number of amides is 2. The van der Waals surface area contributed by atoms with Crippen molar-refractivity contribution in [2.45, 2.75) is 20.3 Å². The zero-order valence-electron chi connectivity index (χ0n) is 21.6. The highest BCUT2D eigenvalue weighted by atomic mass is 32.2. The third kappa shape index (κ3) is 7.23. The maximum Gasteiger partial charge on any atom is 0.242 e. The van der Waals surface area contributed by atoms with Crippen LogP contribution in [0.4, 0.5) is 11.4 Å². The molecule has 0 aliphatic rings. The first-order chi connectivity index (χ1) is 19.7. The number of benzene rings is 5. The molecule has 4 nitrogen and oxygen atoms in total. The van der Waals surface area contributed by atoms with Crippen LogP contribution in [0.2, 0.25) is 0 Å². The lowest BCUT2D eigenvalue weighted by molar-refractivity contribution is -0.116. The van der Waals surface area contributed by atoms with Crippen LogP contribution in [0.15, 0.2) is 155 Å². The molecule has 0 aliphatic carbocycles. The predicted octanol–water partition coefficient (Wildman–Crippen LogP) is 8.63. The summed E-state index contributed by atoms with van der Waals surface area (Å²) in [5.41, 5.74) is 2.90. The van der Waals surface area contributed by atoms with E-state index in [-0.39, 0.29) is 11.8 Å². The lowest BCUT2D eigenvalue weighted by Crippen LogP contribution is -2.22. The van der Waals surface area contributed by atoms with Gasteiger partial charge >= 0.3 is 0 Å². The van der Waals surface area contributed by atoms with Gasteiger partial charge in [-0.05, 0) is 47.5 Å². The Morgan fingerprint density at radius 2 is 0.725 bits per heavy atom. The van der Waals surface area contributed by atoms with Crippen molar-refractivity contribution >= 4 is 46.7 Å². The standard InChI is InChI=1S/C34H28N2O2S2/c37-33(31(25-15-5-1-6-16-25)39-27-19-9-3-10-20-27)35-29-23-13-14-24-30(29)36-34(38)32(26-17-7-2-8-18-26)40-28-21-11-4-12-22-28/h1-24,31-32H,(H,35,37)(H,36,38)/t31-,32-/m1/s1. The molecule has 0 fully saturated rings. The molecule has 198 valence electrons. The van der Waals surface area contributed by atoms with Crippen molar-refractivity contribution in [1.29, 1.82) is 0 Å². The van der Waals surface area contributed by atoms with Crippen LogP contribution in [0, 0.1) is 0 Å². The van der Waals surface area contributed by atoms with Crippen LogP contribution >= 0.6 is 23.5 Å². The molecule has 0 saturated carbocycles. The van der Waals surface area contributed by atoms with Crippen LogP contribution in [0.25, 0.3) is 0 Å². The van der Waals surface area contributed by atoms with E-state index in [0.29, 0.717) is 11.4 Å². The Kier molecular flexibility index (Phi) is 9.35. The first kappa shape index (κ1) is 27.3. The van der Waals surface area contributed by atoms with Gasteiger partial charge in [-0.25, -0.2) is 0 Å². The van der Waals surface area contributed by atoms with E-state index in [0.717, 1.165) is 20.9 Å². The Bertz CT molecular complexity index is 1410. The molecule has 6 heteroatoms. The molecule has 0 aromatic heterocycles. The fourth-order valence-electron chi connectivity index (χ4n) is 4.17. The summed E-state index contributed by atoms with van der Waals surface area (Å²) in [4.78, 5) is 29.4. The summed E-state index contributed by atoms with van der Waals surface area (Å²) in [6.07, 6.45) is 0. The third-order valence-electron chi connectivity index (χ3n) is 6.12. The van der Waals surface area contributed by atoms with Crippen molar-refractivity contribution in [1.82, 2.24) is 0 Å². The number of thioether (sulfide) groups is 2. The topological polar surface area (TPSA) is 58.2 Å². The van der Waals surface area contributed by atoms with Crippen LogP contribution in [0.3, 0.4) is 0 Å². The zero-order chi connectivity index (χ0) is 27.6. The second-order valence-corrected chi connectivity index (χ2v) is 11.3. The molecule has 0 heterocycles. The molecule has 0 aliphatic heterocycles. The Morgan fingerprint density at radius 3 is 1.07 bits per heavy atom. The van der Waals surface area contributed by atoms with Crippen LogP contribution in [0.5, 0.6) is 0 Å². The molecule has 0 unspecified atom stereocenters. The van der Waals surface area contributed by atoms with E-state index in [1.165, 1.54) is 23.5 Å². The smallest absolute Gasteiger partial charge is 0.242 e. The van der Waals surface area contributed by atoms with Gasteiger partial charge in [0.15, 0.2) is 0 Å². The molecule has 0 saturated heterocycles. The number of hydrogen-bond donors (Lipinski definition) is 2. The first-order valence-electron chi connectivity index (χ1n) is 12.9. The third-order valence-corrected chi connectivity index (χ3v) is 8.65. The molecule has 0 radical (unpaired) electrons. The van der Waals surface area contributed by atoms with Crippen molar-refractivity contribution in [2.75, 3.05) is 10.6 Å². The van der Waals surface area contributed by atoms with Gasteiger partial charge in [0.2, 0.25) is 11.8 Å². The molecule has 5 rings (SSSR count). The zero-order valence-corrected chi connectivity index (χ0v) is 23.3. The van der Waals surface area contributed by atoms with Crippen molar-refractivity contribution in [3.05, 3.63) is 157 Å². The van der Waals surface area contributed by atoms with E-state index >= 15 is 0 Å². The molecule has 0 spiro atoms. The lowest BCUT2D eigenvalue weighted by atomic mass is 10.1. The van der Waals surface area contributed by atoms with Crippen LogP contribution in [0.1, 0.15) is 21.6 Å². The van der Waals surface area contributed by atoms with Crippen molar-refractivity contribution < 1.29 is 9.59 Å². The van der Waals surface area contributed by atoms with E-state index in [1.54, 1.807) is 0 Å². The van der Waals surface area contributed by atoms with Crippen molar-refractivity contribution in [2.24, 2.45) is 0 Å². The van der Waals surface area contributed by atoms with Gasteiger partial charge in [0.1, 0.15) is 10.5 Å². The van der Waals surface area contributed by atoms with Gasteiger partial charge in [0.25, 0.3) is 0 Å². The van der Waals surface area contributed by atoms with Gasteiger partial charge in [-0.15, -0.1) is 23.5 Å². The Hall–Kier alpha value is -4.26. The van der Waals surface area contributed by atoms with E-state index in [9.17, 15) is 9.59 Å². The van der Waals surface area contributed by atoms with Gasteiger partial charge in [0.05, 0.1) is 11.4 Å². The van der Waals surface area contributed by atoms with Gasteiger partial charge in [-0.3, -0.25) is 9.59 Å². The van der Waals surface area contributed by atoms with Crippen molar-refractivity contribution in [3.8, 4) is 0 Å². The number of para-hydroxylation sites is 2. The summed E-state index contributed by atoms with van der Waals surface area (Å²) >= 11 is 2.98. The maximum absolute atomic E-state index is 13.7. The summed E-state index contributed by atoms with van der Waals surface area (Å²) in [5.74, 6) is -0.333. The number of carbonyl (C=O) groups is 2. The molecule has 2 amide bonds. The number of nitrogens with one attached hydrogen (secondary N) is 2. The summed E-state index contributed by atoms with van der Waals surface area (Å²) in [6.45, 7) is 0. The van der Waals surface area contributed by atoms with E-state index in [1.807, 2.05) is 146 Å². The Labute approximate surface area is 243 Å². The molecule has 0 bridgehead atoms. The minimum absolute atomic E-state index is 0.167. The Balaban J connectivity index is 1.38. The van der Waals surface area contributed by atoms with E-state index < -0.39 is 10.5 Å². The second kappa shape index (κ2) is 13.7. The minimum atomic E-state index is -0.474. The molecule has 5 aromatic rings. The first-order valence-corrected chi connectivity index (χ1v) is 14.7. The predicted molar refractivity (Wildman–Crippen MR) is 167 cm³/mol. The summed E-state index contributed by atoms with van der Waals surface area (Å²) in [5, 5.41) is 5.22. The molecular weight excluding hydrogens is 533 g/mol. The highest BCUT2D eigenvalue weighted by molar-refractivity contribution is 8.00. The fourth-order valence-corrected chi connectivity index (χ4v) is 6.26. The highest BCUT2D eigenvalue weighted by Crippen LogP contribution is 2.38. The average Bonchev–Trinajstić information content (AvgIpc) is 3.01. The van der Waals surface area contributed by atoms with Gasteiger partial charge in [-0.1, -0.05) is 109 Å². The second-order valence-electron chi connectivity index (χ2n) is 8.97. The highest BCUT2D eigenvalue weighted by Gasteiger charge is 2.25. The van der Waals surface area contributed by atoms with Crippen LogP contribution < -0.4 is 10.6 Å². The quantitative estimate of drug-likeness (QED) is 0.168. The van der Waals surface area contributed by atoms with Gasteiger partial charge in [-0.2, -0.15) is 0 Å². The largest absolute Gasteiger partial charge is 0.323 e. The SMILES string of the molecule is O=C(Nc1ccccc1NC(=O)[C@H](Sc1ccccc1)c1ccccc1)[C@H](Sc1ccccc1)c1ccccc1. The summed E-state index contributed by atoms with van der Waals surface area (Å²) in [6, 6.07) is 46.5. The van der Waals surface area contributed by atoms with Gasteiger partial charge in [0, 0.05) is 9.79 Å². The van der Waals surface area contributed by atoms with E-state index in [2.05, 4.69) is 10.6 Å². The summed E-state index contributed by atoms with van der Waals surface area (Å²) in [7, 11) is 0. The lowest BCUT2D eigenvalue weighted by Gasteiger charge is -2.20. The maximum atomic E-state index is 13.7. The number of anilines is 2. The normalized spacial score (nSPS) is 12.2.